The van der Waals surface area contributed by atoms with Crippen LogP contribution in [-0.4, -0.2) is 25.5 Å². The Morgan fingerprint density at radius 1 is 1.43 bits per heavy atom. The Morgan fingerprint density at radius 3 is 3.10 bits per heavy atom. The van der Waals surface area contributed by atoms with Crippen LogP contribution in [0, 0.1) is 5.41 Å². The second-order valence-electron chi connectivity index (χ2n) is 5.00. The highest BCUT2D eigenvalue weighted by molar-refractivity contribution is 7.12. The van der Waals surface area contributed by atoms with Gasteiger partial charge in [-0.1, -0.05) is 13.0 Å². The number of thiophene rings is 1. The van der Waals surface area contributed by atoms with Gasteiger partial charge in [0.15, 0.2) is 0 Å². The number of ether oxygens (including phenoxy) is 1. The normalized spacial score (nSPS) is 13.5. The Labute approximate surface area is 128 Å². The number of nitrogens with one attached hydrogen (secondary N) is 2. The van der Waals surface area contributed by atoms with Crippen LogP contribution >= 0.6 is 11.3 Å². The molecule has 1 aromatic carbocycles. The Kier molecular flexibility index (Phi) is 4.10. The van der Waals surface area contributed by atoms with Crippen LogP contribution in [0.3, 0.4) is 0 Å². The quantitative estimate of drug-likeness (QED) is 0.667. The standard InChI is InChI=1S/C16H19N3OS/c1-2-7-19-8-9-20-14-11-12(5-6-13(14)19)18-16(17)15-4-3-10-21-15/h3-6,10-11H,2,7-9H2,1H3,(H2,17,18). The molecule has 2 N–H and O–H groups in total. The fraction of sp³-hybridized carbons (Fsp3) is 0.312. The van der Waals surface area contributed by atoms with Crippen molar-refractivity contribution in [2.24, 2.45) is 0 Å². The first-order valence-corrected chi connectivity index (χ1v) is 8.07. The summed E-state index contributed by atoms with van der Waals surface area (Å²) in [5, 5.41) is 13.2. The van der Waals surface area contributed by atoms with Gasteiger partial charge in [-0.25, -0.2) is 0 Å². The van der Waals surface area contributed by atoms with E-state index in [1.807, 2.05) is 29.6 Å². The van der Waals surface area contributed by atoms with Crippen molar-refractivity contribution in [1.29, 1.82) is 5.41 Å². The van der Waals surface area contributed by atoms with E-state index in [1.54, 1.807) is 11.3 Å². The first-order valence-electron chi connectivity index (χ1n) is 7.19. The van der Waals surface area contributed by atoms with Gasteiger partial charge in [-0.3, -0.25) is 5.41 Å². The lowest BCUT2D eigenvalue weighted by molar-refractivity contribution is 0.307. The van der Waals surface area contributed by atoms with Crippen LogP contribution in [-0.2, 0) is 0 Å². The maximum atomic E-state index is 8.08. The molecular weight excluding hydrogens is 282 g/mol. The molecule has 0 saturated carbocycles. The number of amidine groups is 1. The van der Waals surface area contributed by atoms with Gasteiger partial charge in [-0.2, -0.15) is 0 Å². The number of hydrogen-bond donors (Lipinski definition) is 2. The van der Waals surface area contributed by atoms with Crippen molar-refractivity contribution in [1.82, 2.24) is 0 Å². The second-order valence-corrected chi connectivity index (χ2v) is 5.94. The van der Waals surface area contributed by atoms with E-state index >= 15 is 0 Å². The van der Waals surface area contributed by atoms with Crippen molar-refractivity contribution in [2.75, 3.05) is 29.9 Å². The van der Waals surface area contributed by atoms with Crippen molar-refractivity contribution >= 4 is 28.5 Å². The molecule has 0 bridgehead atoms. The third-order valence-corrected chi connectivity index (χ3v) is 4.34. The minimum atomic E-state index is 0.422. The summed E-state index contributed by atoms with van der Waals surface area (Å²) in [6, 6.07) is 9.97. The van der Waals surface area contributed by atoms with Gasteiger partial charge in [0, 0.05) is 18.3 Å². The topological polar surface area (TPSA) is 48.4 Å². The molecule has 0 amide bonds. The largest absolute Gasteiger partial charge is 0.489 e. The van der Waals surface area contributed by atoms with Crippen LogP contribution in [0.4, 0.5) is 11.4 Å². The van der Waals surface area contributed by atoms with Gasteiger partial charge in [0.25, 0.3) is 0 Å². The van der Waals surface area contributed by atoms with E-state index in [-0.39, 0.29) is 0 Å². The molecule has 1 aliphatic heterocycles. The lowest BCUT2D eigenvalue weighted by Gasteiger charge is -2.31. The Hall–Kier alpha value is -2.01. The lowest BCUT2D eigenvalue weighted by atomic mass is 10.2. The maximum absolute atomic E-state index is 8.08. The highest BCUT2D eigenvalue weighted by Crippen LogP contribution is 2.34. The molecule has 0 spiro atoms. The minimum Gasteiger partial charge on any atom is -0.489 e. The number of nitrogens with zero attached hydrogens (tertiary/aromatic N) is 1. The van der Waals surface area contributed by atoms with Crippen LogP contribution in [0.15, 0.2) is 35.7 Å². The van der Waals surface area contributed by atoms with Crippen LogP contribution in [0.25, 0.3) is 0 Å². The summed E-state index contributed by atoms with van der Waals surface area (Å²) < 4.78 is 5.76. The van der Waals surface area contributed by atoms with Crippen LogP contribution in [0.2, 0.25) is 0 Å². The van der Waals surface area contributed by atoms with Gasteiger partial charge in [0.1, 0.15) is 18.2 Å². The monoisotopic (exact) mass is 301 g/mol. The van der Waals surface area contributed by atoms with Crippen LogP contribution < -0.4 is 15.0 Å². The van der Waals surface area contributed by atoms with E-state index in [0.29, 0.717) is 5.84 Å². The lowest BCUT2D eigenvalue weighted by Crippen LogP contribution is -2.33. The molecule has 1 aromatic heterocycles. The fourth-order valence-electron chi connectivity index (χ4n) is 2.48. The van der Waals surface area contributed by atoms with E-state index in [9.17, 15) is 0 Å². The van der Waals surface area contributed by atoms with Gasteiger partial charge in [0.2, 0.25) is 0 Å². The fourth-order valence-corrected chi connectivity index (χ4v) is 3.11. The van der Waals surface area contributed by atoms with E-state index < -0.39 is 0 Å². The molecule has 5 heteroatoms. The first-order chi connectivity index (χ1) is 10.3. The first kappa shape index (κ1) is 13.9. The summed E-state index contributed by atoms with van der Waals surface area (Å²) in [4.78, 5) is 3.29. The zero-order chi connectivity index (χ0) is 14.7. The Bertz CT molecular complexity index is 624. The molecule has 2 aromatic rings. The summed E-state index contributed by atoms with van der Waals surface area (Å²) in [7, 11) is 0. The van der Waals surface area contributed by atoms with E-state index in [1.165, 1.54) is 0 Å². The molecule has 21 heavy (non-hydrogen) atoms. The summed E-state index contributed by atoms with van der Waals surface area (Å²) in [6.07, 6.45) is 1.13. The van der Waals surface area contributed by atoms with Crippen molar-refractivity contribution in [2.45, 2.75) is 13.3 Å². The summed E-state index contributed by atoms with van der Waals surface area (Å²) in [5.41, 5.74) is 2.04. The van der Waals surface area contributed by atoms with Crippen LogP contribution in [0.1, 0.15) is 18.2 Å². The van der Waals surface area contributed by atoms with E-state index in [2.05, 4.69) is 23.2 Å². The molecule has 0 fully saturated rings. The molecule has 0 saturated heterocycles. The molecule has 4 nitrogen and oxygen atoms in total. The summed E-state index contributed by atoms with van der Waals surface area (Å²) in [6.45, 7) is 4.90. The average molecular weight is 301 g/mol. The highest BCUT2D eigenvalue weighted by atomic mass is 32.1. The third kappa shape index (κ3) is 3.03. The molecule has 0 aliphatic carbocycles. The van der Waals surface area contributed by atoms with Crippen molar-refractivity contribution in [3.8, 4) is 5.75 Å². The predicted octanol–water partition coefficient (Wildman–Crippen LogP) is 3.79. The maximum Gasteiger partial charge on any atom is 0.144 e. The number of fused-ring (bicyclic) bond motifs is 1. The SMILES string of the molecule is CCCN1CCOc2cc(NC(=N)c3cccs3)ccc21. The highest BCUT2D eigenvalue weighted by Gasteiger charge is 2.17. The smallest absolute Gasteiger partial charge is 0.144 e. The molecule has 110 valence electrons. The summed E-state index contributed by atoms with van der Waals surface area (Å²) >= 11 is 1.56. The number of anilines is 2. The van der Waals surface area contributed by atoms with Crippen molar-refractivity contribution in [3.05, 3.63) is 40.6 Å². The Morgan fingerprint density at radius 2 is 2.33 bits per heavy atom. The Balaban J connectivity index is 1.78. The zero-order valence-corrected chi connectivity index (χ0v) is 12.9. The number of hydrogen-bond acceptors (Lipinski definition) is 4. The van der Waals surface area contributed by atoms with E-state index in [4.69, 9.17) is 10.1 Å². The van der Waals surface area contributed by atoms with Gasteiger partial charge in [0.05, 0.1) is 17.1 Å². The molecular formula is C16H19N3OS. The van der Waals surface area contributed by atoms with Crippen molar-refractivity contribution < 1.29 is 4.74 Å². The van der Waals surface area contributed by atoms with Gasteiger partial charge in [-0.15, -0.1) is 11.3 Å². The number of rotatable bonds is 4. The molecule has 2 heterocycles. The second kappa shape index (κ2) is 6.18. The zero-order valence-electron chi connectivity index (χ0n) is 12.1. The molecule has 0 radical (unpaired) electrons. The average Bonchev–Trinajstić information content (AvgIpc) is 3.02. The molecule has 0 atom stereocenters. The predicted molar refractivity (Wildman–Crippen MR) is 89.2 cm³/mol. The number of benzene rings is 1. The van der Waals surface area contributed by atoms with Crippen LogP contribution in [0.5, 0.6) is 5.75 Å². The minimum absolute atomic E-state index is 0.422. The third-order valence-electron chi connectivity index (χ3n) is 3.45. The molecule has 3 rings (SSSR count). The van der Waals surface area contributed by atoms with Gasteiger partial charge < -0.3 is 15.0 Å². The van der Waals surface area contributed by atoms with Gasteiger partial charge >= 0.3 is 0 Å². The molecule has 0 unspecified atom stereocenters. The van der Waals surface area contributed by atoms with Gasteiger partial charge in [-0.05, 0) is 30.0 Å². The van der Waals surface area contributed by atoms with Crippen molar-refractivity contribution in [3.63, 3.8) is 0 Å². The summed E-state index contributed by atoms with van der Waals surface area (Å²) in [5.74, 6) is 1.32. The molecule has 1 aliphatic rings. The van der Waals surface area contributed by atoms with E-state index in [0.717, 1.165) is 48.1 Å².